The van der Waals surface area contributed by atoms with Gasteiger partial charge in [-0.05, 0) is 84.8 Å². The first-order valence-electron chi connectivity index (χ1n) is 12.0. The summed E-state index contributed by atoms with van der Waals surface area (Å²) in [5.74, 6) is 0.875. The lowest BCUT2D eigenvalue weighted by Crippen LogP contribution is -2.25. The summed E-state index contributed by atoms with van der Waals surface area (Å²) in [5, 5.41) is 3.04. The number of carbonyl (C=O) groups excluding carboxylic acids is 1. The Bertz CT molecular complexity index is 779. The van der Waals surface area contributed by atoms with E-state index in [2.05, 4.69) is 56.1 Å². The van der Waals surface area contributed by atoms with Gasteiger partial charge in [0.1, 0.15) is 0 Å². The van der Waals surface area contributed by atoms with Crippen molar-refractivity contribution in [2.75, 3.05) is 26.0 Å². The van der Waals surface area contributed by atoms with Crippen molar-refractivity contribution in [1.82, 2.24) is 5.32 Å². The second-order valence-electron chi connectivity index (χ2n) is 8.57. The predicted molar refractivity (Wildman–Crippen MR) is 142 cm³/mol. The van der Waals surface area contributed by atoms with Gasteiger partial charge < -0.3 is 5.32 Å². The number of nitrogens with one attached hydrogen (secondary N) is 1. The van der Waals surface area contributed by atoms with Crippen LogP contribution >= 0.6 is 11.8 Å². The number of hydrogen-bond donors (Lipinski definition) is 1. The largest absolute Gasteiger partial charge is 0.352 e. The highest BCUT2D eigenvalue weighted by atomic mass is 32.2. The van der Waals surface area contributed by atoms with E-state index in [4.69, 9.17) is 4.89 Å². The van der Waals surface area contributed by atoms with Gasteiger partial charge in [-0.3, -0.25) is 4.79 Å². The Labute approximate surface area is 205 Å². The Morgan fingerprint density at radius 1 is 0.939 bits per heavy atom. The van der Waals surface area contributed by atoms with Crippen LogP contribution in [0.5, 0.6) is 0 Å². The maximum absolute atomic E-state index is 12.6. The van der Waals surface area contributed by atoms with Crippen molar-refractivity contribution in [1.29, 1.82) is 0 Å². The molecular formula is C28H43NO3S. The molecule has 1 aromatic rings. The van der Waals surface area contributed by atoms with Crippen molar-refractivity contribution >= 4 is 17.7 Å². The minimum Gasteiger partial charge on any atom is -0.352 e. The number of amides is 1. The highest BCUT2D eigenvalue weighted by molar-refractivity contribution is 7.99. The van der Waals surface area contributed by atoms with Gasteiger partial charge in [-0.2, -0.15) is 0 Å². The average Bonchev–Trinajstić information content (AvgIpc) is 2.78. The van der Waals surface area contributed by atoms with E-state index in [-0.39, 0.29) is 5.91 Å². The summed E-state index contributed by atoms with van der Waals surface area (Å²) in [6.45, 7) is 9.99. The third kappa shape index (κ3) is 14.8. The molecule has 184 valence electrons. The van der Waals surface area contributed by atoms with E-state index < -0.39 is 0 Å². The number of benzene rings is 1. The van der Waals surface area contributed by atoms with Gasteiger partial charge in [0.05, 0.1) is 19.3 Å². The molecule has 0 unspecified atom stereocenters. The summed E-state index contributed by atoms with van der Waals surface area (Å²) in [5.41, 5.74) is 5.02. The zero-order valence-corrected chi connectivity index (χ0v) is 22.1. The van der Waals surface area contributed by atoms with Crippen molar-refractivity contribution in [3.63, 3.8) is 0 Å². The van der Waals surface area contributed by atoms with Crippen LogP contribution in [0.2, 0.25) is 0 Å². The molecule has 1 N–H and O–H groups in total. The topological polar surface area (TPSA) is 47.6 Å². The van der Waals surface area contributed by atoms with Crippen molar-refractivity contribution in [3.8, 4) is 0 Å². The molecule has 1 amide bonds. The summed E-state index contributed by atoms with van der Waals surface area (Å²) in [4.78, 5) is 23.1. The van der Waals surface area contributed by atoms with Crippen LogP contribution in [-0.4, -0.2) is 31.9 Å². The molecule has 0 atom stereocenters. The van der Waals surface area contributed by atoms with Crippen molar-refractivity contribution in [2.24, 2.45) is 0 Å². The lowest BCUT2D eigenvalue weighted by atomic mass is 10.1. The van der Waals surface area contributed by atoms with E-state index in [0.29, 0.717) is 13.2 Å². The van der Waals surface area contributed by atoms with Gasteiger partial charge in [-0.25, -0.2) is 9.78 Å². The molecule has 1 rings (SSSR count). The average molecular weight is 474 g/mol. The second kappa shape index (κ2) is 18.6. The molecule has 0 saturated heterocycles. The summed E-state index contributed by atoms with van der Waals surface area (Å²) in [7, 11) is 1.51. The van der Waals surface area contributed by atoms with Gasteiger partial charge in [-0.15, -0.1) is 11.8 Å². The van der Waals surface area contributed by atoms with Crippen LogP contribution in [0.1, 0.15) is 83.0 Å². The van der Waals surface area contributed by atoms with Crippen LogP contribution in [0.15, 0.2) is 64.1 Å². The van der Waals surface area contributed by atoms with E-state index in [1.807, 2.05) is 24.3 Å². The Kier molecular flexibility index (Phi) is 16.5. The fraction of sp³-hybridized carbons (Fsp3) is 0.536. The Morgan fingerprint density at radius 3 is 2.36 bits per heavy atom. The molecule has 0 aliphatic rings. The van der Waals surface area contributed by atoms with Crippen LogP contribution in [0.25, 0.3) is 0 Å². The fourth-order valence-electron chi connectivity index (χ4n) is 3.24. The van der Waals surface area contributed by atoms with Gasteiger partial charge in [-0.1, -0.05) is 47.1 Å². The number of rotatable bonds is 17. The normalized spacial score (nSPS) is 12.0. The van der Waals surface area contributed by atoms with Gasteiger partial charge in [0, 0.05) is 17.2 Å². The molecule has 0 radical (unpaired) electrons. The SMILES string of the molecule is COOCCCCCNC(=O)c1ccccc1SCC=C(C)CCC=C(C)CCC=C(C)C. The highest BCUT2D eigenvalue weighted by Crippen LogP contribution is 2.23. The molecular weight excluding hydrogens is 430 g/mol. The van der Waals surface area contributed by atoms with Gasteiger partial charge >= 0.3 is 0 Å². The number of thioether (sulfide) groups is 1. The Morgan fingerprint density at radius 2 is 1.64 bits per heavy atom. The molecule has 4 nitrogen and oxygen atoms in total. The third-order valence-electron chi connectivity index (χ3n) is 5.23. The number of allylic oxidation sites excluding steroid dienone is 5. The molecule has 0 aliphatic carbocycles. The number of unbranched alkanes of at least 4 members (excludes halogenated alkanes) is 2. The third-order valence-corrected chi connectivity index (χ3v) is 6.23. The smallest absolute Gasteiger partial charge is 0.252 e. The maximum Gasteiger partial charge on any atom is 0.252 e. The minimum atomic E-state index is 0.000618. The van der Waals surface area contributed by atoms with Crippen molar-refractivity contribution < 1.29 is 14.6 Å². The van der Waals surface area contributed by atoms with E-state index in [1.165, 1.54) is 23.8 Å². The lowest BCUT2D eigenvalue weighted by molar-refractivity contribution is -0.272. The highest BCUT2D eigenvalue weighted by Gasteiger charge is 2.10. The molecule has 1 aromatic carbocycles. The Balaban J connectivity index is 2.40. The molecule has 5 heteroatoms. The predicted octanol–water partition coefficient (Wildman–Crippen LogP) is 7.68. The van der Waals surface area contributed by atoms with E-state index in [1.54, 1.807) is 11.8 Å². The second-order valence-corrected chi connectivity index (χ2v) is 9.63. The first kappa shape index (κ1) is 29.2. The molecule has 0 heterocycles. The molecule has 0 bridgehead atoms. The van der Waals surface area contributed by atoms with Crippen molar-refractivity contribution in [2.45, 2.75) is 77.5 Å². The molecule has 0 spiro atoms. The van der Waals surface area contributed by atoms with E-state index in [0.717, 1.165) is 61.2 Å². The quantitative estimate of drug-likeness (QED) is 0.0829. The first-order chi connectivity index (χ1) is 15.9. The summed E-state index contributed by atoms with van der Waals surface area (Å²) in [6, 6.07) is 7.86. The fourth-order valence-corrected chi connectivity index (χ4v) is 4.27. The Hall–Kier alpha value is -1.82. The van der Waals surface area contributed by atoms with Crippen LogP contribution in [-0.2, 0) is 9.78 Å². The molecule has 0 aromatic heterocycles. The maximum atomic E-state index is 12.6. The van der Waals surface area contributed by atoms with Crippen LogP contribution in [0.3, 0.4) is 0 Å². The number of hydrogen-bond acceptors (Lipinski definition) is 4. The van der Waals surface area contributed by atoms with Crippen LogP contribution in [0.4, 0.5) is 0 Å². The molecule has 0 saturated carbocycles. The zero-order chi connectivity index (χ0) is 24.3. The first-order valence-corrected chi connectivity index (χ1v) is 13.0. The van der Waals surface area contributed by atoms with Gasteiger partial charge in [0.25, 0.3) is 5.91 Å². The van der Waals surface area contributed by atoms with E-state index >= 15 is 0 Å². The lowest BCUT2D eigenvalue weighted by Gasteiger charge is -2.09. The summed E-state index contributed by atoms with van der Waals surface area (Å²) < 4.78 is 0. The molecule has 33 heavy (non-hydrogen) atoms. The molecule has 0 aliphatic heterocycles. The summed E-state index contributed by atoms with van der Waals surface area (Å²) >= 11 is 1.72. The van der Waals surface area contributed by atoms with Gasteiger partial charge in [0.15, 0.2) is 0 Å². The van der Waals surface area contributed by atoms with Crippen molar-refractivity contribution in [3.05, 3.63) is 64.8 Å². The summed E-state index contributed by atoms with van der Waals surface area (Å²) in [6.07, 6.45) is 14.2. The minimum absolute atomic E-state index is 0.000618. The van der Waals surface area contributed by atoms with Crippen LogP contribution in [0, 0.1) is 0 Å². The van der Waals surface area contributed by atoms with E-state index in [9.17, 15) is 4.79 Å². The monoisotopic (exact) mass is 473 g/mol. The van der Waals surface area contributed by atoms with Gasteiger partial charge in [0.2, 0.25) is 0 Å². The molecule has 0 fully saturated rings. The zero-order valence-electron chi connectivity index (χ0n) is 21.2. The standard InChI is InChI=1S/C28H43NO3S/c1-23(2)13-11-14-24(3)15-12-16-25(4)19-22-33-27-18-8-7-17-26(27)28(30)29-20-9-6-10-21-32-31-5/h7-8,13,15,17-19H,6,9-12,14,16,20-22H2,1-5H3,(H,29,30). The van der Waals surface area contributed by atoms with Crippen LogP contribution < -0.4 is 5.32 Å². The number of carbonyl (C=O) groups is 1.